The van der Waals surface area contributed by atoms with E-state index in [0.717, 1.165) is 24.1 Å². The van der Waals surface area contributed by atoms with Crippen molar-refractivity contribution in [2.24, 2.45) is 11.7 Å². The van der Waals surface area contributed by atoms with Gasteiger partial charge in [0, 0.05) is 18.2 Å². The van der Waals surface area contributed by atoms with E-state index in [0.29, 0.717) is 18.0 Å². The summed E-state index contributed by atoms with van der Waals surface area (Å²) in [7, 11) is 0. The molecule has 1 aromatic heterocycles. The van der Waals surface area contributed by atoms with E-state index in [2.05, 4.69) is 15.5 Å². The van der Waals surface area contributed by atoms with Gasteiger partial charge in [-0.3, -0.25) is 9.89 Å². The number of nitrogens with zero attached hydrogens (tertiary/aromatic N) is 1. The van der Waals surface area contributed by atoms with E-state index < -0.39 is 0 Å². The molecular formula is C18H25ClN4O. The van der Waals surface area contributed by atoms with Crippen molar-refractivity contribution >= 4 is 18.3 Å². The van der Waals surface area contributed by atoms with Gasteiger partial charge in [-0.15, -0.1) is 12.4 Å². The topological polar surface area (TPSA) is 83.8 Å². The number of hydrogen-bond acceptors (Lipinski definition) is 3. The normalized spacial score (nSPS) is 16.2. The van der Waals surface area contributed by atoms with Gasteiger partial charge in [-0.2, -0.15) is 5.10 Å². The minimum atomic E-state index is -0.0985. The molecule has 1 aliphatic carbocycles. The van der Waals surface area contributed by atoms with E-state index in [4.69, 9.17) is 5.73 Å². The SMILES string of the molecule is Cl.NCC(NC(=O)c1cn[nH]c1-c1ccccc1)C1CCCCC1. The lowest BCUT2D eigenvalue weighted by Gasteiger charge is -2.30. The number of nitrogens with one attached hydrogen (secondary N) is 2. The van der Waals surface area contributed by atoms with Crippen LogP contribution in [0.15, 0.2) is 36.5 Å². The van der Waals surface area contributed by atoms with Crippen LogP contribution in [-0.4, -0.2) is 28.7 Å². The third-order valence-corrected chi connectivity index (χ3v) is 4.74. The van der Waals surface area contributed by atoms with Crippen LogP contribution in [0.4, 0.5) is 0 Å². The number of aromatic amines is 1. The van der Waals surface area contributed by atoms with Crippen molar-refractivity contribution < 1.29 is 4.79 Å². The van der Waals surface area contributed by atoms with Gasteiger partial charge in [-0.1, -0.05) is 49.6 Å². The van der Waals surface area contributed by atoms with Crippen molar-refractivity contribution in [3.05, 3.63) is 42.1 Å². The molecule has 1 fully saturated rings. The Hall–Kier alpha value is -1.85. The average Bonchev–Trinajstić information content (AvgIpc) is 3.11. The van der Waals surface area contributed by atoms with Gasteiger partial charge < -0.3 is 11.1 Å². The summed E-state index contributed by atoms with van der Waals surface area (Å²) in [6.45, 7) is 0.481. The fraction of sp³-hybridized carbons (Fsp3) is 0.444. The van der Waals surface area contributed by atoms with Crippen LogP contribution in [-0.2, 0) is 0 Å². The number of rotatable bonds is 5. The van der Waals surface area contributed by atoms with Crippen LogP contribution in [0, 0.1) is 5.92 Å². The van der Waals surface area contributed by atoms with Gasteiger partial charge in [0.15, 0.2) is 0 Å². The van der Waals surface area contributed by atoms with Crippen molar-refractivity contribution in [1.82, 2.24) is 15.5 Å². The Morgan fingerprint density at radius 1 is 1.25 bits per heavy atom. The molecule has 1 unspecified atom stereocenters. The molecule has 0 spiro atoms. The lowest BCUT2D eigenvalue weighted by atomic mass is 9.84. The highest BCUT2D eigenvalue weighted by Crippen LogP contribution is 2.27. The molecule has 6 heteroatoms. The molecule has 0 aliphatic heterocycles. The summed E-state index contributed by atoms with van der Waals surface area (Å²) in [4.78, 5) is 12.7. The molecule has 0 bridgehead atoms. The van der Waals surface area contributed by atoms with Crippen LogP contribution >= 0.6 is 12.4 Å². The lowest BCUT2D eigenvalue weighted by molar-refractivity contribution is 0.0916. The number of nitrogens with two attached hydrogens (primary N) is 1. The van der Waals surface area contributed by atoms with Gasteiger partial charge in [0.05, 0.1) is 17.5 Å². The first-order valence-electron chi connectivity index (χ1n) is 8.39. The minimum Gasteiger partial charge on any atom is -0.348 e. The molecule has 1 saturated carbocycles. The van der Waals surface area contributed by atoms with Crippen molar-refractivity contribution in [2.45, 2.75) is 38.1 Å². The second-order valence-corrected chi connectivity index (χ2v) is 6.24. The standard InChI is InChI=1S/C18H24N4O.ClH/c19-11-16(13-7-3-1-4-8-13)21-18(23)15-12-20-22-17(15)14-9-5-2-6-10-14;/h2,5-6,9-10,12-13,16H,1,3-4,7-8,11,19H2,(H,20,22)(H,21,23);1H. The molecule has 0 radical (unpaired) electrons. The fourth-order valence-electron chi connectivity index (χ4n) is 3.44. The molecule has 1 aromatic carbocycles. The summed E-state index contributed by atoms with van der Waals surface area (Å²) in [5.41, 5.74) is 8.20. The summed E-state index contributed by atoms with van der Waals surface area (Å²) < 4.78 is 0. The second-order valence-electron chi connectivity index (χ2n) is 6.24. The molecule has 1 heterocycles. The fourth-order valence-corrected chi connectivity index (χ4v) is 3.44. The quantitative estimate of drug-likeness (QED) is 0.776. The highest BCUT2D eigenvalue weighted by atomic mass is 35.5. The van der Waals surface area contributed by atoms with Gasteiger partial charge in [-0.25, -0.2) is 0 Å². The number of carbonyl (C=O) groups is 1. The third-order valence-electron chi connectivity index (χ3n) is 4.74. The first-order chi connectivity index (χ1) is 11.3. The Morgan fingerprint density at radius 3 is 2.62 bits per heavy atom. The summed E-state index contributed by atoms with van der Waals surface area (Å²) in [5, 5.41) is 10.1. The highest BCUT2D eigenvalue weighted by molar-refractivity contribution is 5.99. The molecule has 4 N–H and O–H groups in total. The van der Waals surface area contributed by atoms with E-state index in [1.54, 1.807) is 6.20 Å². The van der Waals surface area contributed by atoms with Crippen LogP contribution in [0.1, 0.15) is 42.5 Å². The van der Waals surface area contributed by atoms with Gasteiger partial charge >= 0.3 is 0 Å². The maximum atomic E-state index is 12.7. The number of halogens is 1. The number of carbonyl (C=O) groups excluding carboxylic acids is 1. The molecule has 1 atom stereocenters. The van der Waals surface area contributed by atoms with Crippen molar-refractivity contribution in [3.63, 3.8) is 0 Å². The predicted molar refractivity (Wildman–Crippen MR) is 98.2 cm³/mol. The predicted octanol–water partition coefficient (Wildman–Crippen LogP) is 3.14. The van der Waals surface area contributed by atoms with Crippen LogP contribution in [0.25, 0.3) is 11.3 Å². The smallest absolute Gasteiger partial charge is 0.255 e. The summed E-state index contributed by atoms with van der Waals surface area (Å²) >= 11 is 0. The van der Waals surface area contributed by atoms with Crippen molar-refractivity contribution in [1.29, 1.82) is 0 Å². The maximum absolute atomic E-state index is 12.7. The summed E-state index contributed by atoms with van der Waals surface area (Å²) in [6, 6.07) is 9.82. The van der Waals surface area contributed by atoms with Crippen LogP contribution in [0.5, 0.6) is 0 Å². The zero-order valence-electron chi connectivity index (χ0n) is 13.7. The number of aromatic nitrogens is 2. The molecule has 0 saturated heterocycles. The number of hydrogen-bond donors (Lipinski definition) is 3. The third kappa shape index (κ3) is 4.16. The number of amides is 1. The Bertz CT molecular complexity index is 637. The summed E-state index contributed by atoms with van der Waals surface area (Å²) in [6.07, 6.45) is 7.65. The zero-order valence-corrected chi connectivity index (χ0v) is 14.5. The Kier molecular flexibility index (Phi) is 6.82. The largest absolute Gasteiger partial charge is 0.348 e. The molecule has 1 amide bonds. The Labute approximate surface area is 148 Å². The molecule has 3 rings (SSSR count). The average molecular weight is 349 g/mol. The van der Waals surface area contributed by atoms with E-state index >= 15 is 0 Å². The van der Waals surface area contributed by atoms with E-state index in [1.165, 1.54) is 19.3 Å². The monoisotopic (exact) mass is 348 g/mol. The highest BCUT2D eigenvalue weighted by Gasteiger charge is 2.25. The van der Waals surface area contributed by atoms with E-state index in [-0.39, 0.29) is 24.4 Å². The van der Waals surface area contributed by atoms with Crippen molar-refractivity contribution in [3.8, 4) is 11.3 Å². The molecule has 130 valence electrons. The van der Waals surface area contributed by atoms with Crippen LogP contribution in [0.3, 0.4) is 0 Å². The maximum Gasteiger partial charge on any atom is 0.255 e. The first kappa shape index (κ1) is 18.5. The molecular weight excluding hydrogens is 324 g/mol. The van der Waals surface area contributed by atoms with Gasteiger partial charge in [0.25, 0.3) is 5.91 Å². The Morgan fingerprint density at radius 2 is 1.96 bits per heavy atom. The van der Waals surface area contributed by atoms with Crippen LogP contribution in [0.2, 0.25) is 0 Å². The first-order valence-corrected chi connectivity index (χ1v) is 8.39. The zero-order chi connectivity index (χ0) is 16.1. The minimum absolute atomic E-state index is 0. The number of H-pyrrole nitrogens is 1. The van der Waals surface area contributed by atoms with Gasteiger partial charge in [0.1, 0.15) is 0 Å². The van der Waals surface area contributed by atoms with Crippen molar-refractivity contribution in [2.75, 3.05) is 6.54 Å². The Balaban J connectivity index is 0.00000208. The molecule has 5 nitrogen and oxygen atoms in total. The molecule has 2 aromatic rings. The second kappa shape index (κ2) is 8.85. The molecule has 24 heavy (non-hydrogen) atoms. The van der Waals surface area contributed by atoms with Crippen LogP contribution < -0.4 is 11.1 Å². The van der Waals surface area contributed by atoms with Gasteiger partial charge in [0.2, 0.25) is 0 Å². The van der Waals surface area contributed by atoms with E-state index in [9.17, 15) is 4.79 Å². The number of benzene rings is 1. The summed E-state index contributed by atoms with van der Waals surface area (Å²) in [5.74, 6) is 0.392. The lowest BCUT2D eigenvalue weighted by Crippen LogP contribution is -2.45. The van der Waals surface area contributed by atoms with Gasteiger partial charge in [-0.05, 0) is 18.8 Å². The van der Waals surface area contributed by atoms with E-state index in [1.807, 2.05) is 30.3 Å². The molecule has 1 aliphatic rings.